The maximum Gasteiger partial charge on any atom is 0.327 e. The zero-order chi connectivity index (χ0) is 12.3. The van der Waals surface area contributed by atoms with E-state index in [0.717, 1.165) is 31.6 Å². The fourth-order valence-electron chi connectivity index (χ4n) is 2.33. The number of carboxylic acids is 1. The summed E-state index contributed by atoms with van der Waals surface area (Å²) in [6.07, 6.45) is 2.97. The summed E-state index contributed by atoms with van der Waals surface area (Å²) < 4.78 is 0. The third kappa shape index (κ3) is 2.93. The lowest BCUT2D eigenvalue weighted by Crippen LogP contribution is -2.56. The van der Waals surface area contributed by atoms with Gasteiger partial charge in [-0.25, -0.2) is 4.79 Å². The number of carboxylic acid groups (broad SMARTS) is 1. The predicted octanol–water partition coefficient (Wildman–Crippen LogP) is 0.157. The smallest absolute Gasteiger partial charge is 0.327 e. The molecule has 0 aromatic rings. The molecule has 2 aliphatic rings. The van der Waals surface area contributed by atoms with Crippen molar-refractivity contribution in [3.63, 3.8) is 0 Å². The first-order valence-electron chi connectivity index (χ1n) is 6.04. The zero-order valence-corrected chi connectivity index (χ0v) is 10.5. The van der Waals surface area contributed by atoms with Gasteiger partial charge in [0.25, 0.3) is 0 Å². The highest BCUT2D eigenvalue weighted by molar-refractivity contribution is 7.99. The van der Waals surface area contributed by atoms with Crippen molar-refractivity contribution in [1.29, 1.82) is 0 Å². The summed E-state index contributed by atoms with van der Waals surface area (Å²) in [6, 6.07) is -0.821. The minimum Gasteiger partial charge on any atom is -0.480 e. The lowest BCUT2D eigenvalue weighted by molar-refractivity contribution is -0.150. The topological polar surface area (TPSA) is 69.6 Å². The number of amides is 1. The molecule has 1 unspecified atom stereocenters. The van der Waals surface area contributed by atoms with Gasteiger partial charge in [-0.1, -0.05) is 6.42 Å². The van der Waals surface area contributed by atoms with Crippen molar-refractivity contribution in [3.05, 3.63) is 0 Å². The fraction of sp³-hybridized carbons (Fsp3) is 0.818. The molecule has 0 bridgehead atoms. The molecule has 0 saturated carbocycles. The molecule has 0 aromatic heterocycles. The first kappa shape index (κ1) is 12.7. The van der Waals surface area contributed by atoms with Gasteiger partial charge in [0.15, 0.2) is 0 Å². The Bertz CT molecular complexity index is 305. The molecule has 2 heterocycles. The summed E-state index contributed by atoms with van der Waals surface area (Å²) in [6.45, 7) is 1.41. The third-order valence-corrected chi connectivity index (χ3v) is 4.33. The Kier molecular flexibility index (Phi) is 4.28. The van der Waals surface area contributed by atoms with E-state index in [2.05, 4.69) is 5.32 Å². The Hall–Kier alpha value is -0.750. The Morgan fingerprint density at radius 1 is 1.35 bits per heavy atom. The number of rotatable bonds is 2. The van der Waals surface area contributed by atoms with Gasteiger partial charge >= 0.3 is 5.97 Å². The van der Waals surface area contributed by atoms with Crippen molar-refractivity contribution in [2.24, 2.45) is 0 Å². The van der Waals surface area contributed by atoms with E-state index in [-0.39, 0.29) is 11.9 Å². The second kappa shape index (κ2) is 5.73. The number of aliphatic carboxylic acids is 1. The molecule has 6 heteroatoms. The van der Waals surface area contributed by atoms with Crippen molar-refractivity contribution in [1.82, 2.24) is 10.2 Å². The molecule has 2 aliphatic heterocycles. The highest BCUT2D eigenvalue weighted by Gasteiger charge is 2.35. The molecule has 2 fully saturated rings. The van der Waals surface area contributed by atoms with E-state index in [9.17, 15) is 9.59 Å². The second-order valence-electron chi connectivity index (χ2n) is 4.46. The van der Waals surface area contributed by atoms with Crippen LogP contribution in [0.15, 0.2) is 0 Å². The molecule has 2 N–H and O–H groups in total. The summed E-state index contributed by atoms with van der Waals surface area (Å²) in [5.41, 5.74) is 0. The highest BCUT2D eigenvalue weighted by atomic mass is 32.2. The highest BCUT2D eigenvalue weighted by Crippen LogP contribution is 2.19. The van der Waals surface area contributed by atoms with Gasteiger partial charge in [-0.15, -0.1) is 0 Å². The van der Waals surface area contributed by atoms with Crippen LogP contribution in [0.3, 0.4) is 0 Å². The number of carbonyl (C=O) groups excluding carboxylic acids is 1. The van der Waals surface area contributed by atoms with E-state index in [1.54, 1.807) is 16.7 Å². The Morgan fingerprint density at radius 2 is 2.18 bits per heavy atom. The van der Waals surface area contributed by atoms with E-state index in [4.69, 9.17) is 5.11 Å². The summed E-state index contributed by atoms with van der Waals surface area (Å²) in [4.78, 5) is 24.9. The van der Waals surface area contributed by atoms with Crippen molar-refractivity contribution in [2.45, 2.75) is 31.3 Å². The van der Waals surface area contributed by atoms with Gasteiger partial charge in [0.05, 0.1) is 6.04 Å². The molecule has 2 rings (SSSR count). The van der Waals surface area contributed by atoms with Crippen LogP contribution in [0.2, 0.25) is 0 Å². The summed E-state index contributed by atoms with van der Waals surface area (Å²) >= 11 is 1.60. The average molecular weight is 258 g/mol. The molecule has 1 amide bonds. The number of piperidine rings is 1. The van der Waals surface area contributed by atoms with Crippen molar-refractivity contribution < 1.29 is 14.7 Å². The Balaban J connectivity index is 2.02. The number of carbonyl (C=O) groups is 2. The number of thioether (sulfide) groups is 1. The summed E-state index contributed by atoms with van der Waals surface area (Å²) in [7, 11) is 0. The van der Waals surface area contributed by atoms with E-state index in [1.165, 1.54) is 0 Å². The van der Waals surface area contributed by atoms with E-state index in [0.29, 0.717) is 12.3 Å². The average Bonchev–Trinajstić information content (AvgIpc) is 2.39. The van der Waals surface area contributed by atoms with Gasteiger partial charge in [0.2, 0.25) is 5.91 Å². The molecule has 96 valence electrons. The third-order valence-electron chi connectivity index (χ3n) is 3.31. The van der Waals surface area contributed by atoms with E-state index in [1.807, 2.05) is 0 Å². The van der Waals surface area contributed by atoms with E-state index < -0.39 is 12.0 Å². The Morgan fingerprint density at radius 3 is 2.82 bits per heavy atom. The minimum absolute atomic E-state index is 0.0302. The van der Waals surface area contributed by atoms with Crippen LogP contribution in [0.4, 0.5) is 0 Å². The largest absolute Gasteiger partial charge is 0.480 e. The van der Waals surface area contributed by atoms with Crippen LogP contribution in [0.1, 0.15) is 19.3 Å². The summed E-state index contributed by atoms with van der Waals surface area (Å²) in [5.74, 6) is 0.425. The predicted molar refractivity (Wildman–Crippen MR) is 66.1 cm³/mol. The monoisotopic (exact) mass is 258 g/mol. The van der Waals surface area contributed by atoms with Gasteiger partial charge in [-0.05, 0) is 19.4 Å². The van der Waals surface area contributed by atoms with Crippen molar-refractivity contribution in [2.75, 3.05) is 24.6 Å². The van der Waals surface area contributed by atoms with Gasteiger partial charge in [0.1, 0.15) is 6.04 Å². The minimum atomic E-state index is -0.888. The summed E-state index contributed by atoms with van der Waals surface area (Å²) in [5, 5.41) is 12.3. The molecule has 0 aliphatic carbocycles. The number of nitrogens with one attached hydrogen (secondary N) is 1. The lowest BCUT2D eigenvalue weighted by atomic mass is 10.0. The molecule has 0 aromatic carbocycles. The van der Waals surface area contributed by atoms with Crippen LogP contribution in [-0.2, 0) is 9.59 Å². The standard InChI is InChI=1S/C11H18N2O3S/c14-10(8-3-1-2-4-12-8)13-5-6-17-7-9(13)11(15)16/h8-9,12H,1-7H2,(H,15,16)/t8-,9?/m0/s1. The number of hydrogen-bond acceptors (Lipinski definition) is 4. The van der Waals surface area contributed by atoms with Gasteiger partial charge in [0, 0.05) is 18.1 Å². The Labute approximate surface area is 105 Å². The first-order chi connectivity index (χ1) is 8.20. The van der Waals surface area contributed by atoms with Crippen LogP contribution < -0.4 is 5.32 Å². The first-order valence-corrected chi connectivity index (χ1v) is 7.20. The van der Waals surface area contributed by atoms with Crippen molar-refractivity contribution >= 4 is 23.6 Å². The van der Waals surface area contributed by atoms with Crippen LogP contribution >= 0.6 is 11.8 Å². The second-order valence-corrected chi connectivity index (χ2v) is 5.61. The quantitative estimate of drug-likeness (QED) is 0.738. The van der Waals surface area contributed by atoms with Gasteiger partial charge in [-0.2, -0.15) is 11.8 Å². The lowest BCUT2D eigenvalue weighted by Gasteiger charge is -2.36. The molecule has 2 atom stereocenters. The maximum absolute atomic E-state index is 12.3. The molecular weight excluding hydrogens is 240 g/mol. The maximum atomic E-state index is 12.3. The molecule has 17 heavy (non-hydrogen) atoms. The SMILES string of the molecule is O=C(O)C1CSCCN1C(=O)[C@@H]1CCCCN1. The zero-order valence-electron chi connectivity index (χ0n) is 9.72. The molecule has 2 saturated heterocycles. The van der Waals surface area contributed by atoms with Gasteiger partial charge in [-0.3, -0.25) is 4.79 Å². The molecule has 0 radical (unpaired) electrons. The number of hydrogen-bond donors (Lipinski definition) is 2. The van der Waals surface area contributed by atoms with Gasteiger partial charge < -0.3 is 15.3 Å². The van der Waals surface area contributed by atoms with Crippen LogP contribution in [-0.4, -0.2) is 58.6 Å². The number of nitrogens with zero attached hydrogens (tertiary/aromatic N) is 1. The normalized spacial score (nSPS) is 30.0. The van der Waals surface area contributed by atoms with Crippen LogP contribution in [0.25, 0.3) is 0 Å². The molecule has 5 nitrogen and oxygen atoms in total. The van der Waals surface area contributed by atoms with Crippen LogP contribution in [0, 0.1) is 0 Å². The van der Waals surface area contributed by atoms with Crippen molar-refractivity contribution in [3.8, 4) is 0 Å². The van der Waals surface area contributed by atoms with Crippen LogP contribution in [0.5, 0.6) is 0 Å². The molecule has 0 spiro atoms. The molecular formula is C11H18N2O3S. The fourth-order valence-corrected chi connectivity index (χ4v) is 3.37. The van der Waals surface area contributed by atoms with E-state index >= 15 is 0 Å².